The minimum atomic E-state index is -1.06. The van der Waals surface area contributed by atoms with Crippen molar-refractivity contribution in [3.63, 3.8) is 0 Å². The van der Waals surface area contributed by atoms with Crippen molar-refractivity contribution >= 4 is 27.8 Å². The lowest BCUT2D eigenvalue weighted by molar-refractivity contribution is -0.142. The molecular weight excluding hydrogens is 298 g/mol. The second-order valence-electron chi connectivity index (χ2n) is 4.29. The average Bonchev–Trinajstić information content (AvgIpc) is 2.35. The number of hydrogen-bond acceptors (Lipinski definition) is 2. The number of carbonyl (C=O) groups is 2. The van der Waals surface area contributed by atoms with E-state index in [2.05, 4.69) is 21.2 Å². The van der Waals surface area contributed by atoms with Gasteiger partial charge in [-0.25, -0.2) is 4.79 Å². The Labute approximate surface area is 115 Å². The summed E-state index contributed by atoms with van der Waals surface area (Å²) in [6, 6.07) is 8.15. The van der Waals surface area contributed by atoms with Crippen LogP contribution in [-0.2, 0) is 9.59 Å². The van der Waals surface area contributed by atoms with Gasteiger partial charge in [0, 0.05) is 5.92 Å². The van der Waals surface area contributed by atoms with Crippen LogP contribution in [0.2, 0.25) is 0 Å². The molecular formula is C13H16BrNO3. The van der Waals surface area contributed by atoms with Gasteiger partial charge < -0.3 is 10.4 Å². The zero-order valence-corrected chi connectivity index (χ0v) is 11.8. The maximum Gasteiger partial charge on any atom is 0.327 e. The molecule has 0 aliphatic rings. The van der Waals surface area contributed by atoms with Gasteiger partial charge in [0.15, 0.2) is 0 Å². The van der Waals surface area contributed by atoms with Crippen LogP contribution in [0.5, 0.6) is 0 Å². The van der Waals surface area contributed by atoms with E-state index in [1.807, 2.05) is 30.3 Å². The molecule has 2 atom stereocenters. The van der Waals surface area contributed by atoms with Crippen molar-refractivity contribution in [1.82, 2.24) is 5.32 Å². The summed E-state index contributed by atoms with van der Waals surface area (Å²) in [6.07, 6.45) is 0. The molecule has 0 saturated heterocycles. The van der Waals surface area contributed by atoms with E-state index in [1.165, 1.54) is 0 Å². The molecule has 0 heterocycles. The molecule has 0 aliphatic carbocycles. The molecule has 0 radical (unpaired) electrons. The average molecular weight is 314 g/mol. The predicted molar refractivity (Wildman–Crippen MR) is 72.5 cm³/mol. The fourth-order valence-electron chi connectivity index (χ4n) is 1.41. The lowest BCUT2D eigenvalue weighted by atomic mass is 10.0. The molecule has 0 bridgehead atoms. The lowest BCUT2D eigenvalue weighted by Crippen LogP contribution is -2.45. The highest BCUT2D eigenvalue weighted by Crippen LogP contribution is 2.26. The Hall–Kier alpha value is -1.36. The van der Waals surface area contributed by atoms with E-state index in [0.717, 1.165) is 5.56 Å². The number of carboxylic acids is 1. The molecule has 4 nitrogen and oxygen atoms in total. The molecule has 5 heteroatoms. The summed E-state index contributed by atoms with van der Waals surface area (Å²) < 4.78 is 0. The van der Waals surface area contributed by atoms with Gasteiger partial charge in [0.05, 0.1) is 4.83 Å². The van der Waals surface area contributed by atoms with E-state index < -0.39 is 16.8 Å². The minimum Gasteiger partial charge on any atom is -0.480 e. The van der Waals surface area contributed by atoms with E-state index in [1.54, 1.807) is 13.8 Å². The van der Waals surface area contributed by atoms with Gasteiger partial charge in [0.1, 0.15) is 6.04 Å². The second-order valence-corrected chi connectivity index (χ2v) is 5.28. The molecule has 0 aromatic heterocycles. The molecule has 1 aromatic rings. The van der Waals surface area contributed by atoms with Crippen molar-refractivity contribution in [1.29, 1.82) is 0 Å². The van der Waals surface area contributed by atoms with E-state index in [0.29, 0.717) is 0 Å². The molecule has 1 aromatic carbocycles. The SMILES string of the molecule is CC(C)C(=O)NC(C(=O)O)C(Br)c1ccccc1. The van der Waals surface area contributed by atoms with Crippen molar-refractivity contribution in [2.24, 2.45) is 5.92 Å². The van der Waals surface area contributed by atoms with Crippen molar-refractivity contribution in [2.45, 2.75) is 24.7 Å². The van der Waals surface area contributed by atoms with Gasteiger partial charge >= 0.3 is 5.97 Å². The standard InChI is InChI=1S/C13H16BrNO3/c1-8(2)12(16)15-11(13(17)18)10(14)9-6-4-3-5-7-9/h3-8,10-11H,1-2H3,(H,15,16)(H,17,18). The van der Waals surface area contributed by atoms with Crippen molar-refractivity contribution in [3.8, 4) is 0 Å². The molecule has 98 valence electrons. The van der Waals surface area contributed by atoms with Gasteiger partial charge in [0.25, 0.3) is 0 Å². The number of nitrogens with one attached hydrogen (secondary N) is 1. The Kier molecular flexibility index (Phi) is 5.34. The molecule has 2 unspecified atom stereocenters. The van der Waals surface area contributed by atoms with Gasteiger partial charge in [0.2, 0.25) is 5.91 Å². The smallest absolute Gasteiger partial charge is 0.327 e. The van der Waals surface area contributed by atoms with Crippen LogP contribution in [0.15, 0.2) is 30.3 Å². The Bertz CT molecular complexity index is 420. The first-order valence-electron chi connectivity index (χ1n) is 5.65. The topological polar surface area (TPSA) is 66.4 Å². The van der Waals surface area contributed by atoms with Gasteiger partial charge in [-0.3, -0.25) is 4.79 Å². The van der Waals surface area contributed by atoms with Gasteiger partial charge in [-0.05, 0) is 5.56 Å². The number of alkyl halides is 1. The Morgan fingerprint density at radius 1 is 1.22 bits per heavy atom. The summed E-state index contributed by atoms with van der Waals surface area (Å²) in [5.74, 6) is -1.58. The van der Waals surface area contributed by atoms with Gasteiger partial charge in [-0.2, -0.15) is 0 Å². The number of halogens is 1. The van der Waals surface area contributed by atoms with Gasteiger partial charge in [-0.1, -0.05) is 60.1 Å². The Morgan fingerprint density at radius 2 is 1.78 bits per heavy atom. The summed E-state index contributed by atoms with van der Waals surface area (Å²) in [6.45, 7) is 3.44. The summed E-state index contributed by atoms with van der Waals surface area (Å²) in [5.41, 5.74) is 0.814. The summed E-state index contributed by atoms with van der Waals surface area (Å²) >= 11 is 3.34. The van der Waals surface area contributed by atoms with Crippen molar-refractivity contribution in [2.75, 3.05) is 0 Å². The van der Waals surface area contributed by atoms with Gasteiger partial charge in [-0.15, -0.1) is 0 Å². The number of benzene rings is 1. The number of amides is 1. The molecule has 1 amide bonds. The minimum absolute atomic E-state index is 0.248. The molecule has 0 saturated carbocycles. The van der Waals surface area contributed by atoms with Crippen LogP contribution >= 0.6 is 15.9 Å². The van der Waals surface area contributed by atoms with Crippen LogP contribution in [0.4, 0.5) is 0 Å². The maximum atomic E-state index is 11.6. The quantitative estimate of drug-likeness (QED) is 0.820. The molecule has 1 rings (SSSR count). The Morgan fingerprint density at radius 3 is 2.22 bits per heavy atom. The van der Waals surface area contributed by atoms with E-state index in [4.69, 9.17) is 0 Å². The first-order chi connectivity index (χ1) is 8.43. The maximum absolute atomic E-state index is 11.6. The summed E-state index contributed by atoms with van der Waals surface area (Å²) in [5, 5.41) is 11.7. The third-order valence-electron chi connectivity index (χ3n) is 2.50. The summed E-state index contributed by atoms with van der Waals surface area (Å²) in [4.78, 5) is 22.4. The summed E-state index contributed by atoms with van der Waals surface area (Å²) in [7, 11) is 0. The number of carbonyl (C=O) groups excluding carboxylic acids is 1. The van der Waals surface area contributed by atoms with Crippen LogP contribution in [0.25, 0.3) is 0 Å². The highest BCUT2D eigenvalue weighted by Gasteiger charge is 2.29. The number of aliphatic carboxylic acids is 1. The predicted octanol–water partition coefficient (Wildman–Crippen LogP) is 2.35. The second kappa shape index (κ2) is 6.54. The zero-order chi connectivity index (χ0) is 13.7. The van der Waals surface area contributed by atoms with Crippen LogP contribution in [0.1, 0.15) is 24.2 Å². The largest absolute Gasteiger partial charge is 0.480 e. The van der Waals surface area contributed by atoms with Crippen molar-refractivity contribution in [3.05, 3.63) is 35.9 Å². The molecule has 0 spiro atoms. The van der Waals surface area contributed by atoms with Crippen LogP contribution in [-0.4, -0.2) is 23.0 Å². The first kappa shape index (κ1) is 14.7. The Balaban J connectivity index is 2.86. The zero-order valence-electron chi connectivity index (χ0n) is 10.3. The lowest BCUT2D eigenvalue weighted by Gasteiger charge is -2.21. The van der Waals surface area contributed by atoms with E-state index in [-0.39, 0.29) is 11.8 Å². The van der Waals surface area contributed by atoms with E-state index in [9.17, 15) is 14.7 Å². The monoisotopic (exact) mass is 313 g/mol. The fourth-order valence-corrected chi connectivity index (χ4v) is 2.07. The third-order valence-corrected chi connectivity index (χ3v) is 3.56. The number of hydrogen-bond donors (Lipinski definition) is 2. The number of carboxylic acid groups (broad SMARTS) is 1. The molecule has 0 fully saturated rings. The highest BCUT2D eigenvalue weighted by atomic mass is 79.9. The number of rotatable bonds is 5. The van der Waals surface area contributed by atoms with Crippen LogP contribution in [0.3, 0.4) is 0 Å². The molecule has 18 heavy (non-hydrogen) atoms. The van der Waals surface area contributed by atoms with Crippen LogP contribution in [0, 0.1) is 5.92 Å². The van der Waals surface area contributed by atoms with Crippen LogP contribution < -0.4 is 5.32 Å². The molecule has 2 N–H and O–H groups in total. The first-order valence-corrected chi connectivity index (χ1v) is 6.57. The third kappa shape index (κ3) is 3.84. The highest BCUT2D eigenvalue weighted by molar-refractivity contribution is 9.09. The van der Waals surface area contributed by atoms with Crippen molar-refractivity contribution < 1.29 is 14.7 Å². The van der Waals surface area contributed by atoms with E-state index >= 15 is 0 Å². The fraction of sp³-hybridized carbons (Fsp3) is 0.385. The molecule has 0 aliphatic heterocycles. The normalized spacial score (nSPS) is 14.0.